The number of methoxy groups -OCH3 is 1. The molecule has 0 amide bonds. The van der Waals surface area contributed by atoms with E-state index in [1.54, 1.807) is 12.1 Å². The Kier molecular flexibility index (Phi) is 6.59. The minimum absolute atomic E-state index is 0.0256. The number of morpholine rings is 1. The first kappa shape index (κ1) is 20.6. The number of hydrogen-bond donors (Lipinski definition) is 0. The quantitative estimate of drug-likeness (QED) is 0.680. The first-order valence-corrected chi connectivity index (χ1v) is 10.1. The summed E-state index contributed by atoms with van der Waals surface area (Å²) in [7, 11) is -2.72. The lowest BCUT2D eigenvalue weighted by atomic mass is 10.3. The van der Waals surface area contributed by atoms with Crippen LogP contribution in [0.25, 0.3) is 0 Å². The van der Waals surface area contributed by atoms with Gasteiger partial charge in [0.1, 0.15) is 16.8 Å². The number of carbonyl (C=O) groups is 1. The molecule has 9 heteroatoms. The van der Waals surface area contributed by atoms with Crippen LogP contribution in [-0.2, 0) is 24.3 Å². The van der Waals surface area contributed by atoms with Crippen molar-refractivity contribution in [3.8, 4) is 0 Å². The Morgan fingerprint density at radius 1 is 1.46 bits per heavy atom. The summed E-state index contributed by atoms with van der Waals surface area (Å²) in [5.74, 6) is -0.233. The number of hydrogen-bond acceptors (Lipinski definition) is 7. The van der Waals surface area contributed by atoms with Crippen LogP contribution in [0.3, 0.4) is 0 Å². The topological polar surface area (TPSA) is 89.0 Å². The van der Waals surface area contributed by atoms with Gasteiger partial charge >= 0.3 is 5.97 Å². The predicted molar refractivity (Wildman–Crippen MR) is 97.6 cm³/mol. The van der Waals surface area contributed by atoms with Crippen LogP contribution >= 0.6 is 0 Å². The monoisotopic (exact) mass is 385 g/mol. The molecule has 1 aromatic rings. The highest BCUT2D eigenvalue weighted by molar-refractivity contribution is 7.89. The third kappa shape index (κ3) is 3.99. The Balaban J connectivity index is 2.56. The van der Waals surface area contributed by atoms with E-state index < -0.39 is 22.0 Å². The molecule has 1 aliphatic heterocycles. The zero-order valence-corrected chi connectivity index (χ0v) is 16.7. The molecule has 0 bridgehead atoms. The molecule has 0 aromatic carbocycles. The fourth-order valence-electron chi connectivity index (χ4n) is 3.02. The highest BCUT2D eigenvalue weighted by Gasteiger charge is 2.40. The first-order chi connectivity index (χ1) is 12.2. The second-order valence-corrected chi connectivity index (χ2v) is 8.24. The Labute approximate surface area is 155 Å². The van der Waals surface area contributed by atoms with Gasteiger partial charge < -0.3 is 14.4 Å². The number of pyridine rings is 1. The van der Waals surface area contributed by atoms with Crippen molar-refractivity contribution in [1.82, 2.24) is 9.29 Å². The van der Waals surface area contributed by atoms with E-state index in [4.69, 9.17) is 9.47 Å². The average molecular weight is 385 g/mol. The maximum atomic E-state index is 13.4. The average Bonchev–Trinajstić information content (AvgIpc) is 2.61. The number of ether oxygens (including phenoxy) is 2. The number of esters is 1. The molecule has 146 valence electrons. The van der Waals surface area contributed by atoms with Gasteiger partial charge in [-0.15, -0.1) is 0 Å². The Hall–Kier alpha value is -1.71. The Bertz CT molecular complexity index is 751. The largest absolute Gasteiger partial charge is 0.468 e. The summed E-state index contributed by atoms with van der Waals surface area (Å²) >= 11 is 0. The molecule has 2 rings (SSSR count). The van der Waals surface area contributed by atoms with E-state index in [-0.39, 0.29) is 30.7 Å². The second kappa shape index (κ2) is 8.32. The van der Waals surface area contributed by atoms with Crippen LogP contribution < -0.4 is 4.90 Å². The lowest BCUT2D eigenvalue weighted by molar-refractivity contribution is -0.149. The molecular weight excluding hydrogens is 358 g/mol. The number of anilines is 1. The molecule has 0 radical (unpaired) electrons. The fraction of sp³-hybridized carbons (Fsp3) is 0.647. The van der Waals surface area contributed by atoms with Crippen LogP contribution in [0.15, 0.2) is 17.0 Å². The van der Waals surface area contributed by atoms with Gasteiger partial charge in [0.05, 0.1) is 20.3 Å². The molecule has 0 spiro atoms. The van der Waals surface area contributed by atoms with E-state index in [0.717, 1.165) is 10.00 Å². The van der Waals surface area contributed by atoms with Gasteiger partial charge in [-0.25, -0.2) is 13.4 Å². The van der Waals surface area contributed by atoms with Crippen molar-refractivity contribution in [3.63, 3.8) is 0 Å². The summed E-state index contributed by atoms with van der Waals surface area (Å²) in [4.78, 5) is 18.6. The van der Waals surface area contributed by atoms with Gasteiger partial charge in [0.25, 0.3) is 0 Å². The third-order valence-electron chi connectivity index (χ3n) is 4.35. The number of nitrogens with zero attached hydrogens (tertiary/aromatic N) is 3. The molecule has 0 saturated carbocycles. The molecule has 0 aliphatic carbocycles. The smallest absolute Gasteiger partial charge is 0.326 e. The molecule has 1 aromatic heterocycles. The Morgan fingerprint density at radius 3 is 2.73 bits per heavy atom. The van der Waals surface area contributed by atoms with E-state index in [1.165, 1.54) is 7.11 Å². The maximum absolute atomic E-state index is 13.4. The van der Waals surface area contributed by atoms with Crippen molar-refractivity contribution < 1.29 is 22.7 Å². The number of carbonyl (C=O) groups excluding carboxylic acids is 1. The second-order valence-electron chi connectivity index (χ2n) is 6.38. The minimum atomic E-state index is -3.95. The van der Waals surface area contributed by atoms with Crippen LogP contribution in [0.2, 0.25) is 0 Å². The van der Waals surface area contributed by atoms with Crippen LogP contribution in [0.4, 0.5) is 5.82 Å². The Morgan fingerprint density at radius 2 is 2.15 bits per heavy atom. The van der Waals surface area contributed by atoms with Crippen molar-refractivity contribution in [1.29, 1.82) is 0 Å². The zero-order chi connectivity index (χ0) is 19.5. The van der Waals surface area contributed by atoms with Crippen molar-refractivity contribution in [2.45, 2.75) is 44.7 Å². The van der Waals surface area contributed by atoms with Gasteiger partial charge in [-0.1, -0.05) is 0 Å². The first-order valence-electron chi connectivity index (χ1n) is 8.65. The van der Waals surface area contributed by atoms with Gasteiger partial charge in [-0.05, 0) is 39.8 Å². The van der Waals surface area contributed by atoms with E-state index in [9.17, 15) is 13.2 Å². The van der Waals surface area contributed by atoms with Crippen LogP contribution in [0, 0.1) is 6.92 Å². The van der Waals surface area contributed by atoms with E-state index in [2.05, 4.69) is 4.98 Å². The van der Waals surface area contributed by atoms with Crippen LogP contribution in [0.5, 0.6) is 0 Å². The van der Waals surface area contributed by atoms with Crippen LogP contribution in [-0.4, -0.2) is 69.2 Å². The summed E-state index contributed by atoms with van der Waals surface area (Å²) in [5.41, 5.74) is 0.726. The van der Waals surface area contributed by atoms with Crippen molar-refractivity contribution in [3.05, 3.63) is 17.8 Å². The van der Waals surface area contributed by atoms with Gasteiger partial charge in [0.15, 0.2) is 0 Å². The van der Waals surface area contributed by atoms with Crippen molar-refractivity contribution in [2.75, 3.05) is 38.3 Å². The van der Waals surface area contributed by atoms with E-state index in [0.29, 0.717) is 12.4 Å². The predicted octanol–water partition coefficient (Wildman–Crippen LogP) is 1.19. The maximum Gasteiger partial charge on any atom is 0.326 e. The van der Waals surface area contributed by atoms with E-state index in [1.807, 2.05) is 32.6 Å². The summed E-state index contributed by atoms with van der Waals surface area (Å²) < 4.78 is 38.0. The summed E-state index contributed by atoms with van der Waals surface area (Å²) in [5, 5.41) is 0. The van der Waals surface area contributed by atoms with Crippen molar-refractivity contribution in [2.24, 2.45) is 0 Å². The summed E-state index contributed by atoms with van der Waals surface area (Å²) in [6.45, 7) is 8.63. The van der Waals surface area contributed by atoms with Gasteiger partial charge in [-0.3, -0.25) is 4.79 Å². The molecule has 1 atom stereocenters. The summed E-state index contributed by atoms with van der Waals surface area (Å²) in [6.07, 6.45) is 0. The molecule has 0 N–H and O–H groups in total. The standard InChI is InChI=1S/C17H27N3O5S/c1-6-19(12(2)3)16-15(8-7-13(4)18-16)26(22,23)20-9-10-25-11-14(20)17(21)24-5/h7-8,12,14H,6,9-11H2,1-5H3/t14-/m0/s1. The lowest BCUT2D eigenvalue weighted by Crippen LogP contribution is -2.53. The summed E-state index contributed by atoms with van der Waals surface area (Å²) in [6, 6.07) is 2.30. The number of aromatic nitrogens is 1. The number of rotatable bonds is 6. The van der Waals surface area contributed by atoms with E-state index >= 15 is 0 Å². The molecule has 8 nitrogen and oxygen atoms in total. The molecule has 0 unspecified atom stereocenters. The lowest BCUT2D eigenvalue weighted by Gasteiger charge is -2.34. The normalized spacial score (nSPS) is 18.8. The molecule has 26 heavy (non-hydrogen) atoms. The molecule has 1 saturated heterocycles. The van der Waals surface area contributed by atoms with Gasteiger partial charge in [0.2, 0.25) is 10.0 Å². The SMILES string of the molecule is CCN(c1nc(C)ccc1S(=O)(=O)N1CCOC[C@H]1C(=O)OC)C(C)C. The fourth-order valence-corrected chi connectivity index (χ4v) is 4.70. The minimum Gasteiger partial charge on any atom is -0.468 e. The zero-order valence-electron chi connectivity index (χ0n) is 15.9. The molecular formula is C17H27N3O5S. The number of sulfonamides is 1. The van der Waals surface area contributed by atoms with Gasteiger partial charge in [-0.2, -0.15) is 4.31 Å². The van der Waals surface area contributed by atoms with Crippen molar-refractivity contribution >= 4 is 21.8 Å². The van der Waals surface area contributed by atoms with Gasteiger partial charge in [0, 0.05) is 24.8 Å². The molecule has 2 heterocycles. The van der Waals surface area contributed by atoms with Crippen LogP contribution in [0.1, 0.15) is 26.5 Å². The molecule has 1 aliphatic rings. The third-order valence-corrected chi connectivity index (χ3v) is 6.28. The highest BCUT2D eigenvalue weighted by Crippen LogP contribution is 2.30. The molecule has 1 fully saturated rings. The number of aryl methyl sites for hydroxylation is 1. The highest BCUT2D eigenvalue weighted by atomic mass is 32.2.